The van der Waals surface area contributed by atoms with Crippen LogP contribution in [0.5, 0.6) is 0 Å². The van der Waals surface area contributed by atoms with Crippen LogP contribution in [0.1, 0.15) is 32.8 Å². The zero-order chi connectivity index (χ0) is 12.3. The van der Waals surface area contributed by atoms with Crippen LogP contribution in [0.3, 0.4) is 0 Å². The lowest BCUT2D eigenvalue weighted by molar-refractivity contribution is -0.124. The first-order valence-electron chi connectivity index (χ1n) is 5.30. The maximum Gasteiger partial charge on any atom is 0.230 e. The number of amides is 1. The SMILES string of the molecule is CCC(C)(C)C(=O)Nc1cnc(Br)c(C)c1. The molecule has 1 aromatic rings. The van der Waals surface area contributed by atoms with E-state index in [9.17, 15) is 4.79 Å². The van der Waals surface area contributed by atoms with Crippen molar-refractivity contribution in [3.8, 4) is 0 Å². The van der Waals surface area contributed by atoms with Gasteiger partial charge in [0.1, 0.15) is 4.60 Å². The first-order valence-corrected chi connectivity index (χ1v) is 6.09. The molecule has 0 unspecified atom stereocenters. The predicted octanol–water partition coefficient (Wildman–Crippen LogP) is 3.53. The molecule has 1 rings (SSSR count). The second-order valence-corrected chi connectivity index (χ2v) is 5.27. The van der Waals surface area contributed by atoms with Gasteiger partial charge in [-0.15, -0.1) is 0 Å². The Morgan fingerprint density at radius 2 is 2.19 bits per heavy atom. The van der Waals surface area contributed by atoms with Gasteiger partial charge in [0.25, 0.3) is 0 Å². The van der Waals surface area contributed by atoms with E-state index in [2.05, 4.69) is 26.2 Å². The lowest BCUT2D eigenvalue weighted by Crippen LogP contribution is -2.30. The molecule has 0 atom stereocenters. The second kappa shape index (κ2) is 4.95. The van der Waals surface area contributed by atoms with E-state index in [-0.39, 0.29) is 11.3 Å². The normalized spacial score (nSPS) is 11.3. The van der Waals surface area contributed by atoms with E-state index in [1.54, 1.807) is 6.20 Å². The van der Waals surface area contributed by atoms with Crippen molar-refractivity contribution in [3.63, 3.8) is 0 Å². The maximum atomic E-state index is 11.9. The number of carbonyl (C=O) groups is 1. The summed E-state index contributed by atoms with van der Waals surface area (Å²) in [5.74, 6) is 0.0264. The lowest BCUT2D eigenvalue weighted by Gasteiger charge is -2.21. The first-order chi connectivity index (χ1) is 7.36. The van der Waals surface area contributed by atoms with Gasteiger partial charge in [-0.25, -0.2) is 4.98 Å². The van der Waals surface area contributed by atoms with Crippen LogP contribution in [0, 0.1) is 12.3 Å². The third kappa shape index (κ3) is 3.04. The smallest absolute Gasteiger partial charge is 0.230 e. The van der Waals surface area contributed by atoms with Crippen LogP contribution in [-0.2, 0) is 4.79 Å². The van der Waals surface area contributed by atoms with Crippen LogP contribution in [0.25, 0.3) is 0 Å². The van der Waals surface area contributed by atoms with Crippen LogP contribution in [0.2, 0.25) is 0 Å². The zero-order valence-corrected chi connectivity index (χ0v) is 11.7. The van der Waals surface area contributed by atoms with Crippen molar-refractivity contribution in [2.24, 2.45) is 5.41 Å². The van der Waals surface area contributed by atoms with E-state index < -0.39 is 0 Å². The van der Waals surface area contributed by atoms with Gasteiger partial charge in [-0.3, -0.25) is 4.79 Å². The quantitative estimate of drug-likeness (QED) is 0.863. The van der Waals surface area contributed by atoms with Gasteiger partial charge in [0, 0.05) is 5.41 Å². The van der Waals surface area contributed by atoms with Gasteiger partial charge in [-0.05, 0) is 40.9 Å². The third-order valence-corrected chi connectivity index (χ3v) is 3.60. The maximum absolute atomic E-state index is 11.9. The number of anilines is 1. The Kier molecular flexibility index (Phi) is 4.08. The number of nitrogens with one attached hydrogen (secondary N) is 1. The van der Waals surface area contributed by atoms with Crippen molar-refractivity contribution in [2.75, 3.05) is 5.32 Å². The minimum absolute atomic E-state index is 0.0264. The summed E-state index contributed by atoms with van der Waals surface area (Å²) < 4.78 is 0.806. The summed E-state index contributed by atoms with van der Waals surface area (Å²) in [7, 11) is 0. The minimum Gasteiger partial charge on any atom is -0.324 e. The molecule has 0 saturated carbocycles. The average Bonchev–Trinajstić information content (AvgIpc) is 2.23. The van der Waals surface area contributed by atoms with Gasteiger partial charge in [0.05, 0.1) is 11.9 Å². The van der Waals surface area contributed by atoms with Crippen LogP contribution in [0.4, 0.5) is 5.69 Å². The fourth-order valence-electron chi connectivity index (χ4n) is 1.09. The Morgan fingerprint density at radius 3 is 2.69 bits per heavy atom. The number of aryl methyl sites for hydroxylation is 1. The fourth-order valence-corrected chi connectivity index (χ4v) is 1.30. The molecule has 3 nitrogen and oxygen atoms in total. The van der Waals surface area contributed by atoms with Gasteiger partial charge in [-0.2, -0.15) is 0 Å². The molecule has 4 heteroatoms. The molecule has 0 bridgehead atoms. The highest BCUT2D eigenvalue weighted by molar-refractivity contribution is 9.10. The first kappa shape index (κ1) is 13.2. The molecule has 0 radical (unpaired) electrons. The highest BCUT2D eigenvalue weighted by Crippen LogP contribution is 2.23. The van der Waals surface area contributed by atoms with E-state index in [1.165, 1.54) is 0 Å². The summed E-state index contributed by atoms with van der Waals surface area (Å²) in [6.45, 7) is 7.81. The molecule has 0 saturated heterocycles. The Morgan fingerprint density at radius 1 is 1.56 bits per heavy atom. The summed E-state index contributed by atoms with van der Waals surface area (Å²) in [6.07, 6.45) is 2.46. The van der Waals surface area contributed by atoms with E-state index in [0.717, 1.165) is 22.3 Å². The standard InChI is InChI=1S/C12H17BrN2O/c1-5-12(3,4)11(16)15-9-6-8(2)10(13)14-7-9/h6-7H,5H2,1-4H3,(H,15,16). The van der Waals surface area contributed by atoms with Crippen LogP contribution < -0.4 is 5.32 Å². The molecular weight excluding hydrogens is 268 g/mol. The summed E-state index contributed by atoms with van der Waals surface area (Å²) in [4.78, 5) is 16.1. The molecular formula is C12H17BrN2O. The summed E-state index contributed by atoms with van der Waals surface area (Å²) in [5.41, 5.74) is 1.40. The van der Waals surface area contributed by atoms with Gasteiger partial charge in [0.2, 0.25) is 5.91 Å². The number of halogens is 1. The van der Waals surface area contributed by atoms with Crippen molar-refractivity contribution in [1.29, 1.82) is 0 Å². The van der Waals surface area contributed by atoms with Gasteiger partial charge in [-0.1, -0.05) is 20.8 Å². The second-order valence-electron chi connectivity index (χ2n) is 4.52. The van der Waals surface area contributed by atoms with Crippen molar-refractivity contribution in [2.45, 2.75) is 34.1 Å². The number of aromatic nitrogens is 1. The van der Waals surface area contributed by atoms with Crippen LogP contribution >= 0.6 is 15.9 Å². The van der Waals surface area contributed by atoms with Crippen molar-refractivity contribution in [1.82, 2.24) is 4.98 Å². The molecule has 0 aromatic carbocycles. The molecule has 1 aromatic heterocycles. The predicted molar refractivity (Wildman–Crippen MR) is 69.4 cm³/mol. The molecule has 1 heterocycles. The van der Waals surface area contributed by atoms with E-state index in [1.807, 2.05) is 33.8 Å². The van der Waals surface area contributed by atoms with Crippen molar-refractivity contribution >= 4 is 27.5 Å². The molecule has 1 N–H and O–H groups in total. The molecule has 0 aliphatic carbocycles. The van der Waals surface area contributed by atoms with Crippen molar-refractivity contribution < 1.29 is 4.79 Å². The number of carbonyl (C=O) groups excluding carboxylic acids is 1. The third-order valence-electron chi connectivity index (χ3n) is 2.77. The molecule has 1 amide bonds. The number of pyridine rings is 1. The number of hydrogen-bond donors (Lipinski definition) is 1. The zero-order valence-electron chi connectivity index (χ0n) is 10.1. The van der Waals surface area contributed by atoms with Gasteiger partial charge < -0.3 is 5.32 Å². The topological polar surface area (TPSA) is 42.0 Å². The lowest BCUT2D eigenvalue weighted by atomic mass is 9.89. The Labute approximate surface area is 105 Å². The number of rotatable bonds is 3. The van der Waals surface area contributed by atoms with E-state index >= 15 is 0 Å². The highest BCUT2D eigenvalue weighted by atomic mass is 79.9. The van der Waals surface area contributed by atoms with Crippen LogP contribution in [-0.4, -0.2) is 10.9 Å². The molecule has 0 spiro atoms. The number of hydrogen-bond acceptors (Lipinski definition) is 2. The Bertz CT molecular complexity index is 402. The van der Waals surface area contributed by atoms with Gasteiger partial charge in [0.15, 0.2) is 0 Å². The molecule has 0 aliphatic rings. The fraction of sp³-hybridized carbons (Fsp3) is 0.500. The highest BCUT2D eigenvalue weighted by Gasteiger charge is 2.25. The summed E-state index contributed by atoms with van der Waals surface area (Å²) >= 11 is 3.32. The molecule has 16 heavy (non-hydrogen) atoms. The molecule has 0 fully saturated rings. The summed E-state index contributed by atoms with van der Waals surface area (Å²) in [5, 5.41) is 2.88. The van der Waals surface area contributed by atoms with E-state index in [0.29, 0.717) is 0 Å². The summed E-state index contributed by atoms with van der Waals surface area (Å²) in [6, 6.07) is 1.90. The minimum atomic E-state index is -0.346. The Balaban J connectivity index is 2.82. The van der Waals surface area contributed by atoms with Gasteiger partial charge >= 0.3 is 0 Å². The average molecular weight is 285 g/mol. The van der Waals surface area contributed by atoms with E-state index in [4.69, 9.17) is 0 Å². The molecule has 88 valence electrons. The van der Waals surface area contributed by atoms with Crippen LogP contribution in [0.15, 0.2) is 16.9 Å². The molecule has 0 aliphatic heterocycles. The Hall–Kier alpha value is -0.900. The largest absolute Gasteiger partial charge is 0.324 e. The van der Waals surface area contributed by atoms with Crippen molar-refractivity contribution in [3.05, 3.63) is 22.4 Å². The monoisotopic (exact) mass is 284 g/mol. The number of nitrogens with zero attached hydrogens (tertiary/aromatic N) is 1.